The molecule has 0 aromatic heterocycles. The molecule has 15 heavy (non-hydrogen) atoms. The van der Waals surface area contributed by atoms with E-state index in [9.17, 15) is 15.0 Å². The predicted octanol–water partition coefficient (Wildman–Crippen LogP) is -2.12. The molecule has 0 aliphatic carbocycles. The molecule has 0 saturated carbocycles. The SMILES string of the molecule is CC(=O)NO[C@@H]1C[C@@H](O)[C@H](O)[C@@H](CO)O1. The molecule has 7 heteroatoms. The third-order valence-corrected chi connectivity index (χ3v) is 2.05. The maximum Gasteiger partial charge on any atom is 0.240 e. The molecule has 0 radical (unpaired) electrons. The first-order valence-electron chi connectivity index (χ1n) is 4.59. The van der Waals surface area contributed by atoms with Crippen LogP contribution in [0.5, 0.6) is 0 Å². The van der Waals surface area contributed by atoms with Crippen molar-refractivity contribution in [2.45, 2.75) is 37.9 Å². The van der Waals surface area contributed by atoms with Gasteiger partial charge in [-0.25, -0.2) is 10.3 Å². The Balaban J connectivity index is 2.44. The van der Waals surface area contributed by atoms with Crippen molar-refractivity contribution in [3.8, 4) is 0 Å². The van der Waals surface area contributed by atoms with Crippen LogP contribution in [0.1, 0.15) is 13.3 Å². The van der Waals surface area contributed by atoms with Crippen molar-refractivity contribution in [1.29, 1.82) is 0 Å². The maximum absolute atomic E-state index is 10.5. The van der Waals surface area contributed by atoms with Gasteiger partial charge in [0.05, 0.1) is 12.7 Å². The van der Waals surface area contributed by atoms with E-state index in [2.05, 4.69) is 5.48 Å². The fourth-order valence-electron chi connectivity index (χ4n) is 1.29. The molecule has 0 aromatic carbocycles. The van der Waals surface area contributed by atoms with Crippen LogP contribution in [0.4, 0.5) is 0 Å². The standard InChI is InChI=1S/C8H15NO6/c1-4(11)9-15-7-2-5(12)8(13)6(3-10)14-7/h5-8,10,12-13H,2-3H2,1H3,(H,9,11)/t5-,6-,7-,8+/m1/s1. The molecule has 1 rings (SSSR count). The number of ether oxygens (including phenoxy) is 1. The Labute approximate surface area is 86.6 Å². The molecule has 7 nitrogen and oxygen atoms in total. The van der Waals surface area contributed by atoms with E-state index in [0.717, 1.165) is 0 Å². The van der Waals surface area contributed by atoms with Gasteiger partial charge in [-0.2, -0.15) is 0 Å². The molecular weight excluding hydrogens is 206 g/mol. The van der Waals surface area contributed by atoms with Crippen LogP contribution in [0.25, 0.3) is 0 Å². The van der Waals surface area contributed by atoms with Crippen LogP contribution >= 0.6 is 0 Å². The van der Waals surface area contributed by atoms with Crippen LogP contribution in [0.2, 0.25) is 0 Å². The molecule has 0 bridgehead atoms. The van der Waals surface area contributed by atoms with Gasteiger partial charge in [-0.05, 0) is 0 Å². The van der Waals surface area contributed by atoms with Gasteiger partial charge in [-0.3, -0.25) is 4.79 Å². The number of carbonyl (C=O) groups excluding carboxylic acids is 1. The largest absolute Gasteiger partial charge is 0.394 e. The van der Waals surface area contributed by atoms with Crippen molar-refractivity contribution in [2.75, 3.05) is 6.61 Å². The second-order valence-corrected chi connectivity index (χ2v) is 3.36. The molecular formula is C8H15NO6. The van der Waals surface area contributed by atoms with E-state index in [1.54, 1.807) is 0 Å². The molecule has 0 unspecified atom stereocenters. The van der Waals surface area contributed by atoms with Crippen LogP contribution in [-0.4, -0.2) is 52.4 Å². The Hall–Kier alpha value is -0.730. The number of aliphatic hydroxyl groups is 3. The minimum absolute atomic E-state index is 0.0257. The molecule has 1 amide bonds. The summed E-state index contributed by atoms with van der Waals surface area (Å²) in [7, 11) is 0. The number of hydroxylamine groups is 1. The summed E-state index contributed by atoms with van der Waals surface area (Å²) >= 11 is 0. The predicted molar refractivity (Wildman–Crippen MR) is 47.3 cm³/mol. The van der Waals surface area contributed by atoms with Gasteiger partial charge in [0.25, 0.3) is 0 Å². The molecule has 0 spiro atoms. The lowest BCUT2D eigenvalue weighted by Crippen LogP contribution is -2.51. The first kappa shape index (κ1) is 12.3. The topological polar surface area (TPSA) is 108 Å². The Morgan fingerprint density at radius 2 is 2.27 bits per heavy atom. The number of amides is 1. The number of rotatable bonds is 3. The van der Waals surface area contributed by atoms with Gasteiger partial charge in [0.1, 0.15) is 12.2 Å². The van der Waals surface area contributed by atoms with Crippen molar-refractivity contribution < 1.29 is 29.7 Å². The molecule has 1 aliphatic heterocycles. The normalized spacial score (nSPS) is 36.3. The van der Waals surface area contributed by atoms with Gasteiger partial charge in [0.2, 0.25) is 5.91 Å². The van der Waals surface area contributed by atoms with Crippen LogP contribution in [0.3, 0.4) is 0 Å². The van der Waals surface area contributed by atoms with Gasteiger partial charge >= 0.3 is 0 Å². The molecule has 1 saturated heterocycles. The molecule has 4 atom stereocenters. The minimum atomic E-state index is -1.15. The van der Waals surface area contributed by atoms with Crippen molar-refractivity contribution >= 4 is 5.91 Å². The van der Waals surface area contributed by atoms with Gasteiger partial charge in [-0.1, -0.05) is 0 Å². The van der Waals surface area contributed by atoms with E-state index in [0.29, 0.717) is 0 Å². The van der Waals surface area contributed by atoms with Crippen LogP contribution in [0, 0.1) is 0 Å². The van der Waals surface area contributed by atoms with E-state index in [4.69, 9.17) is 14.7 Å². The van der Waals surface area contributed by atoms with Gasteiger partial charge in [-0.15, -0.1) is 0 Å². The highest BCUT2D eigenvalue weighted by Crippen LogP contribution is 2.20. The first-order chi connectivity index (χ1) is 7.04. The van der Waals surface area contributed by atoms with Gasteiger partial charge < -0.3 is 20.1 Å². The van der Waals surface area contributed by atoms with Crippen LogP contribution in [0.15, 0.2) is 0 Å². The molecule has 1 aliphatic rings. The zero-order valence-corrected chi connectivity index (χ0v) is 8.29. The number of hydrogen-bond donors (Lipinski definition) is 4. The van der Waals surface area contributed by atoms with Crippen molar-refractivity contribution in [3.05, 3.63) is 0 Å². The second kappa shape index (κ2) is 5.38. The Kier molecular flexibility index (Phi) is 4.43. The van der Waals surface area contributed by atoms with Gasteiger partial charge in [0.15, 0.2) is 6.29 Å². The third kappa shape index (κ3) is 3.40. The molecule has 1 heterocycles. The Bertz CT molecular complexity index is 223. The summed E-state index contributed by atoms with van der Waals surface area (Å²) in [5.41, 5.74) is 2.06. The van der Waals surface area contributed by atoms with Gasteiger partial charge in [0, 0.05) is 13.3 Å². The summed E-state index contributed by atoms with van der Waals surface area (Å²) in [6.45, 7) is 0.829. The number of hydrogen-bond acceptors (Lipinski definition) is 6. The summed E-state index contributed by atoms with van der Waals surface area (Å²) in [5.74, 6) is -0.403. The average Bonchev–Trinajstić information content (AvgIpc) is 2.19. The fraction of sp³-hybridized carbons (Fsp3) is 0.875. The summed E-state index contributed by atoms with van der Waals surface area (Å²) in [6.07, 6.45) is -3.95. The zero-order chi connectivity index (χ0) is 11.4. The lowest BCUT2D eigenvalue weighted by atomic mass is 10.0. The quantitative estimate of drug-likeness (QED) is 0.406. The summed E-state index contributed by atoms with van der Waals surface area (Å²) in [5, 5.41) is 27.6. The van der Waals surface area contributed by atoms with Crippen molar-refractivity contribution in [2.24, 2.45) is 0 Å². The zero-order valence-electron chi connectivity index (χ0n) is 8.29. The fourth-order valence-corrected chi connectivity index (χ4v) is 1.29. The lowest BCUT2D eigenvalue weighted by molar-refractivity contribution is -0.271. The van der Waals surface area contributed by atoms with E-state index in [1.165, 1.54) is 6.92 Å². The third-order valence-electron chi connectivity index (χ3n) is 2.05. The number of aliphatic hydroxyl groups excluding tert-OH is 3. The average molecular weight is 221 g/mol. The molecule has 0 aromatic rings. The Morgan fingerprint density at radius 3 is 2.80 bits per heavy atom. The van der Waals surface area contributed by atoms with Crippen LogP contribution < -0.4 is 5.48 Å². The maximum atomic E-state index is 10.5. The van der Waals surface area contributed by atoms with Crippen molar-refractivity contribution in [3.63, 3.8) is 0 Å². The number of carbonyl (C=O) groups is 1. The summed E-state index contributed by atoms with van der Waals surface area (Å²) in [4.78, 5) is 15.3. The van der Waals surface area contributed by atoms with E-state index in [1.807, 2.05) is 0 Å². The smallest absolute Gasteiger partial charge is 0.240 e. The highest BCUT2D eigenvalue weighted by molar-refractivity contribution is 5.71. The Morgan fingerprint density at radius 1 is 1.60 bits per heavy atom. The van der Waals surface area contributed by atoms with E-state index >= 15 is 0 Å². The van der Waals surface area contributed by atoms with Crippen molar-refractivity contribution in [1.82, 2.24) is 5.48 Å². The van der Waals surface area contributed by atoms with E-state index < -0.39 is 37.1 Å². The second-order valence-electron chi connectivity index (χ2n) is 3.36. The molecule has 1 fully saturated rings. The van der Waals surface area contributed by atoms with Crippen LogP contribution in [-0.2, 0) is 14.4 Å². The first-order valence-corrected chi connectivity index (χ1v) is 4.59. The summed E-state index contributed by atoms with van der Waals surface area (Å²) < 4.78 is 5.07. The highest BCUT2D eigenvalue weighted by atomic mass is 16.8. The monoisotopic (exact) mass is 221 g/mol. The number of nitrogens with one attached hydrogen (secondary N) is 1. The molecule has 88 valence electrons. The highest BCUT2D eigenvalue weighted by Gasteiger charge is 2.37. The lowest BCUT2D eigenvalue weighted by Gasteiger charge is -2.35. The van der Waals surface area contributed by atoms with E-state index in [-0.39, 0.29) is 6.42 Å². The molecule has 4 N–H and O–H groups in total. The summed E-state index contributed by atoms with van der Waals surface area (Å²) in [6, 6.07) is 0. The minimum Gasteiger partial charge on any atom is -0.394 e.